The first kappa shape index (κ1) is 21.9. The van der Waals surface area contributed by atoms with Gasteiger partial charge in [0.25, 0.3) is 0 Å². The van der Waals surface area contributed by atoms with Crippen molar-refractivity contribution in [2.24, 2.45) is 0 Å². The zero-order valence-electron chi connectivity index (χ0n) is 13.7. The zero-order valence-corrected chi connectivity index (χ0v) is 16.1. The molecule has 0 saturated carbocycles. The monoisotopic (exact) mass is 406 g/mol. The summed E-state index contributed by atoms with van der Waals surface area (Å²) in [5.41, 5.74) is 1.03. The average molecular weight is 408 g/mol. The van der Waals surface area contributed by atoms with Crippen LogP contribution in [0.5, 0.6) is 0 Å². The van der Waals surface area contributed by atoms with Crippen LogP contribution in [0.3, 0.4) is 0 Å². The van der Waals surface area contributed by atoms with E-state index in [-0.39, 0.29) is 24.9 Å². The summed E-state index contributed by atoms with van der Waals surface area (Å²) in [5.74, 6) is -0.985. The van der Waals surface area contributed by atoms with E-state index in [9.17, 15) is 9.59 Å². The van der Waals surface area contributed by atoms with Gasteiger partial charge in [0.05, 0.1) is 12.6 Å². The van der Waals surface area contributed by atoms with Gasteiger partial charge in [-0.25, -0.2) is 0 Å². The second kappa shape index (κ2) is 10.6. The highest BCUT2D eigenvalue weighted by molar-refractivity contribution is 9.10. The Morgan fingerprint density at radius 1 is 1.26 bits per heavy atom. The molecule has 1 aromatic rings. The van der Waals surface area contributed by atoms with Gasteiger partial charge in [-0.05, 0) is 37.6 Å². The molecule has 0 aromatic heterocycles. The Morgan fingerprint density at radius 3 is 2.30 bits per heavy atom. The molecule has 130 valence electrons. The van der Waals surface area contributed by atoms with Gasteiger partial charge in [0.15, 0.2) is 0 Å². The predicted octanol–water partition coefficient (Wildman–Crippen LogP) is 3.01. The third-order valence-corrected chi connectivity index (χ3v) is 3.99. The molecule has 0 radical (unpaired) electrons. The molecular weight excluding hydrogens is 384 g/mol. The summed E-state index contributed by atoms with van der Waals surface area (Å²) in [7, 11) is 1.74. The van der Waals surface area contributed by atoms with Gasteiger partial charge in [0.1, 0.15) is 0 Å². The molecule has 1 aromatic carbocycles. The fourth-order valence-corrected chi connectivity index (χ4v) is 2.55. The molecule has 7 heteroatoms. The van der Waals surface area contributed by atoms with Gasteiger partial charge in [-0.15, -0.1) is 12.4 Å². The molecular formula is C16H24BrClN2O3. The number of halogens is 2. The topological polar surface area (TPSA) is 60.9 Å². The van der Waals surface area contributed by atoms with Crippen LogP contribution in [0, 0.1) is 0 Å². The molecule has 1 unspecified atom stereocenters. The van der Waals surface area contributed by atoms with Gasteiger partial charge < -0.3 is 10.0 Å². The number of amides is 1. The van der Waals surface area contributed by atoms with Crippen LogP contribution >= 0.6 is 28.3 Å². The summed E-state index contributed by atoms with van der Waals surface area (Å²) in [4.78, 5) is 26.8. The average Bonchev–Trinajstić information content (AvgIpc) is 2.47. The van der Waals surface area contributed by atoms with E-state index in [2.05, 4.69) is 15.9 Å². The maximum atomic E-state index is 12.5. The van der Waals surface area contributed by atoms with Crippen molar-refractivity contribution in [3.05, 3.63) is 34.3 Å². The quantitative estimate of drug-likeness (QED) is 0.719. The third-order valence-electron chi connectivity index (χ3n) is 3.46. The predicted molar refractivity (Wildman–Crippen MR) is 96.8 cm³/mol. The number of hydrogen-bond acceptors (Lipinski definition) is 3. The van der Waals surface area contributed by atoms with Crippen molar-refractivity contribution in [2.75, 3.05) is 20.1 Å². The van der Waals surface area contributed by atoms with E-state index >= 15 is 0 Å². The Hall–Kier alpha value is -1.11. The Bertz CT molecular complexity index is 511. The minimum Gasteiger partial charge on any atom is -0.480 e. The highest BCUT2D eigenvalue weighted by Crippen LogP contribution is 2.13. The van der Waals surface area contributed by atoms with Crippen LogP contribution in [0.25, 0.3) is 0 Å². The van der Waals surface area contributed by atoms with Crippen LogP contribution in [0.2, 0.25) is 0 Å². The van der Waals surface area contributed by atoms with Crippen LogP contribution in [-0.2, 0) is 16.1 Å². The molecule has 0 spiro atoms. The molecule has 0 aliphatic rings. The van der Waals surface area contributed by atoms with Crippen molar-refractivity contribution in [2.45, 2.75) is 32.9 Å². The maximum Gasteiger partial charge on any atom is 0.317 e. The van der Waals surface area contributed by atoms with Gasteiger partial charge in [-0.2, -0.15) is 0 Å². The Kier molecular flexibility index (Phi) is 10.1. The highest BCUT2D eigenvalue weighted by Gasteiger charge is 2.25. The van der Waals surface area contributed by atoms with Crippen molar-refractivity contribution >= 4 is 40.2 Å². The molecule has 0 aliphatic carbocycles. The minimum atomic E-state index is -0.913. The minimum absolute atomic E-state index is 0. The fraction of sp³-hybridized carbons (Fsp3) is 0.500. The summed E-state index contributed by atoms with van der Waals surface area (Å²) in [6, 6.07) is 7.34. The molecule has 1 amide bonds. The van der Waals surface area contributed by atoms with Gasteiger partial charge in [-0.1, -0.05) is 35.0 Å². The lowest BCUT2D eigenvalue weighted by Gasteiger charge is -2.29. The molecule has 1 atom stereocenters. The van der Waals surface area contributed by atoms with Gasteiger partial charge >= 0.3 is 5.97 Å². The molecule has 1 N–H and O–H groups in total. The number of carbonyl (C=O) groups excluding carboxylic acids is 1. The molecule has 1 rings (SSSR count). The summed E-state index contributed by atoms with van der Waals surface area (Å²) >= 11 is 3.38. The van der Waals surface area contributed by atoms with E-state index < -0.39 is 12.0 Å². The van der Waals surface area contributed by atoms with E-state index in [4.69, 9.17) is 5.11 Å². The van der Waals surface area contributed by atoms with Crippen molar-refractivity contribution < 1.29 is 14.7 Å². The second-order valence-electron chi connectivity index (χ2n) is 5.36. The summed E-state index contributed by atoms with van der Waals surface area (Å²) < 4.78 is 0.995. The van der Waals surface area contributed by atoms with Crippen molar-refractivity contribution in [3.8, 4) is 0 Å². The van der Waals surface area contributed by atoms with Crippen molar-refractivity contribution in [1.82, 2.24) is 9.80 Å². The lowest BCUT2D eigenvalue weighted by molar-refractivity contribution is -0.142. The smallest absolute Gasteiger partial charge is 0.317 e. The molecule has 0 aliphatic heterocycles. The standard InChI is InChI=1S/C16H23BrN2O3.ClH/c1-4-9-19(11-15(20)21)12(2)16(22)18(3)10-13-5-7-14(17)8-6-13;/h5-8,12H,4,9-11H2,1-3H3,(H,20,21);1H. The molecule has 0 bridgehead atoms. The first-order valence-electron chi connectivity index (χ1n) is 7.30. The Balaban J connectivity index is 0.00000484. The molecule has 5 nitrogen and oxygen atoms in total. The van der Waals surface area contributed by atoms with Crippen molar-refractivity contribution in [3.63, 3.8) is 0 Å². The van der Waals surface area contributed by atoms with Crippen LogP contribution < -0.4 is 0 Å². The highest BCUT2D eigenvalue weighted by atomic mass is 79.9. The van der Waals surface area contributed by atoms with E-state index in [1.54, 1.807) is 23.8 Å². The van der Waals surface area contributed by atoms with Gasteiger partial charge in [-0.3, -0.25) is 14.5 Å². The van der Waals surface area contributed by atoms with E-state index in [1.807, 2.05) is 31.2 Å². The molecule has 0 saturated heterocycles. The zero-order chi connectivity index (χ0) is 16.7. The molecule has 0 heterocycles. The van der Waals surface area contributed by atoms with E-state index in [0.717, 1.165) is 16.5 Å². The largest absolute Gasteiger partial charge is 0.480 e. The molecule has 0 fully saturated rings. The van der Waals surface area contributed by atoms with E-state index in [1.165, 1.54) is 0 Å². The normalized spacial score (nSPS) is 11.7. The lowest BCUT2D eigenvalue weighted by Crippen LogP contribution is -2.47. The van der Waals surface area contributed by atoms with Crippen LogP contribution in [0.4, 0.5) is 0 Å². The summed E-state index contributed by atoms with van der Waals surface area (Å²) in [6.07, 6.45) is 0.807. The Labute approximate surface area is 152 Å². The number of aliphatic carboxylic acids is 1. The number of hydrogen-bond donors (Lipinski definition) is 1. The fourth-order valence-electron chi connectivity index (χ4n) is 2.29. The summed E-state index contributed by atoms with van der Waals surface area (Å²) in [5, 5.41) is 8.97. The van der Waals surface area contributed by atoms with Crippen LogP contribution in [0.15, 0.2) is 28.7 Å². The number of carbonyl (C=O) groups is 2. The van der Waals surface area contributed by atoms with Gasteiger partial charge in [0, 0.05) is 18.1 Å². The van der Waals surface area contributed by atoms with E-state index in [0.29, 0.717) is 13.1 Å². The molecule has 23 heavy (non-hydrogen) atoms. The van der Waals surface area contributed by atoms with Crippen LogP contribution in [0.1, 0.15) is 25.8 Å². The number of rotatable bonds is 8. The number of carboxylic acid groups (broad SMARTS) is 1. The van der Waals surface area contributed by atoms with Crippen LogP contribution in [-0.4, -0.2) is 53.0 Å². The third kappa shape index (κ3) is 7.33. The first-order valence-corrected chi connectivity index (χ1v) is 8.09. The van der Waals surface area contributed by atoms with Gasteiger partial charge in [0.2, 0.25) is 5.91 Å². The Morgan fingerprint density at radius 2 is 1.83 bits per heavy atom. The second-order valence-corrected chi connectivity index (χ2v) is 6.28. The number of carboxylic acids is 1. The lowest BCUT2D eigenvalue weighted by atomic mass is 10.2. The summed E-state index contributed by atoms with van der Waals surface area (Å²) in [6.45, 7) is 4.71. The SMILES string of the molecule is CCCN(CC(=O)O)C(C)C(=O)N(C)Cc1ccc(Br)cc1.Cl. The first-order chi connectivity index (χ1) is 10.3. The number of benzene rings is 1. The van der Waals surface area contributed by atoms with Crippen molar-refractivity contribution in [1.29, 1.82) is 0 Å². The maximum absolute atomic E-state index is 12.5. The number of likely N-dealkylation sites (N-methyl/N-ethyl adjacent to an activating group) is 1. The number of nitrogens with zero attached hydrogens (tertiary/aromatic N) is 2.